The molecular weight excluding hydrogens is 1070 g/mol. The van der Waals surface area contributed by atoms with Crippen LogP contribution in [-0.4, -0.2) is 4.70 Å². The van der Waals surface area contributed by atoms with Crippen molar-refractivity contribution in [2.45, 2.75) is 425 Å². The van der Waals surface area contributed by atoms with E-state index < -0.39 is 0 Å². The number of benzene rings is 2. The molecule has 0 atom stereocenters. The fraction of sp³-hybridized carbons (Fsp3) is 0.805. The summed E-state index contributed by atoms with van der Waals surface area (Å²) in [6, 6.07) is 17.7. The third kappa shape index (κ3) is 43.4. The van der Waals surface area contributed by atoms with Gasteiger partial charge in [0.1, 0.15) is 0 Å². The maximum atomic E-state index is 11.7. The molecule has 0 bridgehead atoms. The number of rotatable bonds is 62. The standard InChI is InChI=1S/C32H44N2.2C25H51.Ni/c1-5-9-15-25-17-13-19-27(23-25)31-29(21-11-7-3)30(22-12-8-4)32(34(31)33)28-20-14-18-26(24-28)16-10-6-2;2*1-3-5-7-9-11-13-15-17-19-21-23-25-24-22-20-18-16-14-12-10-8-6-4-2;/h13-14,17-20,23-24H,5-12,15-16,21-22H2,1-4H3;2*1,3-25H2,2H3;. The number of unbranched alkanes of at least 4 members (excludes halogenated alkanes) is 48. The van der Waals surface area contributed by atoms with Crippen LogP contribution < -0.4 is 0 Å². The molecule has 0 N–H and O–H groups in total. The first-order chi connectivity index (χ1) is 42.1. The van der Waals surface area contributed by atoms with Crippen molar-refractivity contribution in [1.82, 2.24) is 0 Å². The number of nitrogens with zero attached hydrogens (tertiary/aromatic N) is 2. The van der Waals surface area contributed by atoms with E-state index in [9.17, 15) is 5.53 Å². The van der Waals surface area contributed by atoms with E-state index in [1.54, 1.807) is 0 Å². The van der Waals surface area contributed by atoms with Gasteiger partial charge >= 0.3 is 166 Å². The normalized spacial score (nSPS) is 12.6. The van der Waals surface area contributed by atoms with Crippen LogP contribution in [0.1, 0.15) is 423 Å². The predicted molar refractivity (Wildman–Crippen MR) is 380 cm³/mol. The minimum absolute atomic E-state index is 1.01. The molecule has 85 heavy (non-hydrogen) atoms. The van der Waals surface area contributed by atoms with Gasteiger partial charge in [-0.05, 0) is 86.8 Å². The summed E-state index contributed by atoms with van der Waals surface area (Å²) < 4.78 is 1.54. The van der Waals surface area contributed by atoms with E-state index >= 15 is 0 Å². The van der Waals surface area contributed by atoms with Crippen molar-refractivity contribution in [3.05, 3.63) is 87.5 Å². The Labute approximate surface area is 539 Å². The summed E-state index contributed by atoms with van der Waals surface area (Å²) in [6.07, 6.45) is 81.8. The number of hydrogen-bond acceptors (Lipinski definition) is 0. The minimum Gasteiger partial charge on any atom is -0.0654 e. The summed E-state index contributed by atoms with van der Waals surface area (Å²) in [6.45, 7) is 13.6. The van der Waals surface area contributed by atoms with E-state index in [0.717, 1.165) is 73.9 Å². The van der Waals surface area contributed by atoms with Crippen LogP contribution in [0.3, 0.4) is 0 Å². The Balaban J connectivity index is 0.000000624. The molecule has 0 spiro atoms. The molecule has 3 rings (SSSR count). The number of allylic oxidation sites excluding steroid dienone is 2. The van der Waals surface area contributed by atoms with Crippen molar-refractivity contribution >= 4 is 11.4 Å². The second-order valence-electron chi connectivity index (χ2n) is 26.8. The molecule has 0 aliphatic carbocycles. The SMILES string of the molecule is CCCCC1=C(c2cccc(CCCC)c2)[N+](=[N-])C(c2cccc(CCCC)c2)=C1CCCC.CCCCCCCCCCCCCCCCCCCCCCCC[CH2][Ni][CH2]CCCCCCCCCCCCCCCCCCCCCCCC. The summed E-state index contributed by atoms with van der Waals surface area (Å²) in [5.74, 6) is 0. The van der Waals surface area contributed by atoms with Gasteiger partial charge in [-0.15, -0.1) is 0 Å². The van der Waals surface area contributed by atoms with Gasteiger partial charge in [-0.25, -0.2) is 4.70 Å². The molecule has 1 aliphatic heterocycles. The van der Waals surface area contributed by atoms with Crippen molar-refractivity contribution in [3.8, 4) is 0 Å². The van der Waals surface area contributed by atoms with Gasteiger partial charge in [-0.3, -0.25) is 0 Å². The van der Waals surface area contributed by atoms with Crippen LogP contribution in [0.2, 0.25) is 10.8 Å². The Bertz CT molecular complexity index is 1710. The average Bonchev–Trinajstić information content (AvgIpc) is 2.75. The quantitative estimate of drug-likeness (QED) is 0.0358. The summed E-state index contributed by atoms with van der Waals surface area (Å²) in [5, 5.41) is 2.87. The molecule has 0 saturated heterocycles. The van der Waals surface area contributed by atoms with Gasteiger partial charge in [-0.1, -0.05) is 246 Å². The third-order valence-corrected chi connectivity index (χ3v) is 20.0. The van der Waals surface area contributed by atoms with Crippen LogP contribution in [0.4, 0.5) is 0 Å². The van der Waals surface area contributed by atoms with Gasteiger partial charge < -0.3 is 5.53 Å². The predicted octanol–water partition coefficient (Wildman–Crippen LogP) is 29.8. The number of aryl methyl sites for hydroxylation is 2. The Hall–Kier alpha value is -1.99. The monoisotopic (exact) mass is 1220 g/mol. The minimum atomic E-state index is 1.01. The Morgan fingerprint density at radius 2 is 0.471 bits per heavy atom. The van der Waals surface area contributed by atoms with E-state index in [0.29, 0.717) is 0 Å². The number of hydrogen-bond donors (Lipinski definition) is 0. The molecule has 1 aliphatic rings. The smallest absolute Gasteiger partial charge is 0.0654 e. The molecule has 494 valence electrons. The van der Waals surface area contributed by atoms with Crippen molar-refractivity contribution < 1.29 is 19.1 Å². The molecule has 2 aromatic rings. The summed E-state index contributed by atoms with van der Waals surface area (Å²) in [5.41, 5.74) is 21.5. The van der Waals surface area contributed by atoms with E-state index in [1.165, 1.54) is 359 Å². The van der Waals surface area contributed by atoms with Gasteiger partial charge in [0.05, 0.1) is 0 Å². The third-order valence-electron chi connectivity index (χ3n) is 18.6. The second-order valence-corrected chi connectivity index (χ2v) is 28.3. The van der Waals surface area contributed by atoms with Crippen LogP contribution in [0.25, 0.3) is 16.9 Å². The molecule has 0 fully saturated rings. The summed E-state index contributed by atoms with van der Waals surface area (Å²) in [4.78, 5) is 0. The maximum absolute atomic E-state index is 11.7. The van der Waals surface area contributed by atoms with Crippen molar-refractivity contribution in [2.75, 3.05) is 0 Å². The molecule has 0 radical (unpaired) electrons. The van der Waals surface area contributed by atoms with Gasteiger partial charge in [0.25, 0.3) is 0 Å². The zero-order valence-corrected chi connectivity index (χ0v) is 59.2. The molecule has 0 aromatic heterocycles. The van der Waals surface area contributed by atoms with Crippen LogP contribution in [0.5, 0.6) is 0 Å². The Morgan fingerprint density at radius 3 is 0.706 bits per heavy atom. The zero-order chi connectivity index (χ0) is 61.0. The van der Waals surface area contributed by atoms with Crippen molar-refractivity contribution in [1.29, 1.82) is 0 Å². The Kier molecular flexibility index (Phi) is 56.7. The molecule has 1 heterocycles. The van der Waals surface area contributed by atoms with Crippen LogP contribution in [0.15, 0.2) is 59.7 Å². The van der Waals surface area contributed by atoms with Crippen LogP contribution >= 0.6 is 0 Å². The first kappa shape index (κ1) is 79.1. The first-order valence-electron chi connectivity index (χ1n) is 38.6. The molecule has 3 heteroatoms. The summed E-state index contributed by atoms with van der Waals surface area (Å²) in [7, 11) is 0. The van der Waals surface area contributed by atoms with E-state index in [2.05, 4.69) is 105 Å². The molecule has 0 amide bonds. The molecule has 0 saturated carbocycles. The molecule has 2 aromatic carbocycles. The van der Waals surface area contributed by atoms with Crippen molar-refractivity contribution in [3.63, 3.8) is 0 Å². The molecular formula is C82H146N2Ni. The van der Waals surface area contributed by atoms with Crippen LogP contribution in [0, 0.1) is 0 Å². The van der Waals surface area contributed by atoms with Crippen molar-refractivity contribution in [2.24, 2.45) is 0 Å². The van der Waals surface area contributed by atoms with E-state index in [4.69, 9.17) is 0 Å². The summed E-state index contributed by atoms with van der Waals surface area (Å²) >= 11 is 2.05. The van der Waals surface area contributed by atoms with Gasteiger partial charge in [0.2, 0.25) is 11.4 Å². The topological polar surface area (TPSA) is 25.3 Å². The second kappa shape index (κ2) is 60.9. The molecule has 0 unspecified atom stereocenters. The van der Waals surface area contributed by atoms with E-state index in [1.807, 2.05) is 0 Å². The fourth-order valence-electron chi connectivity index (χ4n) is 13.0. The van der Waals surface area contributed by atoms with Gasteiger partial charge in [-0.2, -0.15) is 0 Å². The molecule has 2 nitrogen and oxygen atoms in total. The van der Waals surface area contributed by atoms with Gasteiger partial charge in [0.15, 0.2) is 0 Å². The fourth-order valence-corrected chi connectivity index (χ4v) is 14.2. The zero-order valence-electron chi connectivity index (χ0n) is 58.3. The van der Waals surface area contributed by atoms with Crippen LogP contribution in [-0.2, 0) is 27.3 Å². The average molecular weight is 1220 g/mol. The first-order valence-corrected chi connectivity index (χ1v) is 40.0. The Morgan fingerprint density at radius 1 is 0.259 bits per heavy atom. The van der Waals surface area contributed by atoms with Gasteiger partial charge in [0, 0.05) is 22.3 Å². The van der Waals surface area contributed by atoms with E-state index in [-0.39, 0.29) is 0 Å².